The molecule has 0 spiro atoms. The number of carbonyl (C=O) groups is 1. The summed E-state index contributed by atoms with van der Waals surface area (Å²) in [7, 11) is -1.39. The first-order chi connectivity index (χ1) is 9.02. The molecule has 114 valence electrons. The summed E-state index contributed by atoms with van der Waals surface area (Å²) in [5.41, 5.74) is 0. The van der Waals surface area contributed by atoms with Crippen molar-refractivity contribution in [1.29, 1.82) is 0 Å². The van der Waals surface area contributed by atoms with Crippen molar-refractivity contribution in [3.8, 4) is 0 Å². The maximum absolute atomic E-state index is 11.1. The van der Waals surface area contributed by atoms with E-state index < -0.39 is 8.32 Å². The third-order valence-electron chi connectivity index (χ3n) is 2.96. The Hall–Kier alpha value is -0.393. The molecule has 0 amide bonds. The Kier molecular flexibility index (Phi) is 11.2. The first-order valence-corrected chi connectivity index (χ1v) is 10.6. The first kappa shape index (κ1) is 18.6. The van der Waals surface area contributed by atoms with Crippen LogP contribution in [0.1, 0.15) is 39.5 Å². The molecule has 0 aromatic carbocycles. The summed E-state index contributed by atoms with van der Waals surface area (Å²) in [6, 6.07) is 1.23. The van der Waals surface area contributed by atoms with Gasteiger partial charge in [0, 0.05) is 13.0 Å². The van der Waals surface area contributed by atoms with Crippen LogP contribution in [0.15, 0.2) is 0 Å². The quantitative estimate of drug-likeness (QED) is 0.341. The SMILES string of the molecule is CCOC(=O)CCCNCCCC[Si](C)(C)OCC. The standard InChI is InChI=1S/C14H31NO3Si/c1-5-17-14(16)10-9-12-15-11-7-8-13-19(3,4)18-6-2/h15H,5-13H2,1-4H3. The third kappa shape index (κ3) is 12.4. The van der Waals surface area contributed by atoms with Crippen molar-refractivity contribution in [1.82, 2.24) is 5.32 Å². The fourth-order valence-corrected chi connectivity index (χ4v) is 4.01. The predicted octanol–water partition coefficient (Wildman–Crippen LogP) is 2.94. The van der Waals surface area contributed by atoms with Gasteiger partial charge < -0.3 is 14.5 Å². The first-order valence-electron chi connectivity index (χ1n) is 7.52. The Morgan fingerprint density at radius 3 is 2.37 bits per heavy atom. The highest BCUT2D eigenvalue weighted by molar-refractivity contribution is 6.71. The zero-order valence-electron chi connectivity index (χ0n) is 13.1. The van der Waals surface area contributed by atoms with Gasteiger partial charge in [-0.15, -0.1) is 0 Å². The Morgan fingerprint density at radius 2 is 1.74 bits per heavy atom. The highest BCUT2D eigenvalue weighted by Crippen LogP contribution is 2.14. The predicted molar refractivity (Wildman–Crippen MR) is 81.9 cm³/mol. The molecule has 0 unspecified atom stereocenters. The lowest BCUT2D eigenvalue weighted by molar-refractivity contribution is -0.143. The number of nitrogens with one attached hydrogen (secondary N) is 1. The zero-order chi connectivity index (χ0) is 14.6. The highest BCUT2D eigenvalue weighted by atomic mass is 28.4. The van der Waals surface area contributed by atoms with Gasteiger partial charge in [-0.25, -0.2) is 0 Å². The molecule has 19 heavy (non-hydrogen) atoms. The van der Waals surface area contributed by atoms with Crippen molar-refractivity contribution in [2.75, 3.05) is 26.3 Å². The Morgan fingerprint density at radius 1 is 1.05 bits per heavy atom. The van der Waals surface area contributed by atoms with Gasteiger partial charge in [-0.1, -0.05) is 6.42 Å². The fraction of sp³-hybridized carbons (Fsp3) is 0.929. The van der Waals surface area contributed by atoms with Crippen LogP contribution >= 0.6 is 0 Å². The molecular weight excluding hydrogens is 258 g/mol. The van der Waals surface area contributed by atoms with Crippen molar-refractivity contribution in [2.45, 2.75) is 58.7 Å². The van der Waals surface area contributed by atoms with Crippen molar-refractivity contribution in [3.05, 3.63) is 0 Å². The summed E-state index contributed by atoms with van der Waals surface area (Å²) in [6.45, 7) is 11.7. The lowest BCUT2D eigenvalue weighted by Gasteiger charge is -2.21. The molecule has 0 aliphatic rings. The van der Waals surface area contributed by atoms with Gasteiger partial charge in [0.2, 0.25) is 0 Å². The van der Waals surface area contributed by atoms with Crippen LogP contribution in [-0.2, 0) is 14.0 Å². The minimum absolute atomic E-state index is 0.0891. The molecule has 0 aromatic heterocycles. The van der Waals surface area contributed by atoms with E-state index >= 15 is 0 Å². The summed E-state index contributed by atoms with van der Waals surface area (Å²) in [5, 5.41) is 3.37. The molecule has 0 aromatic rings. The maximum atomic E-state index is 11.1. The minimum Gasteiger partial charge on any atom is -0.466 e. The van der Waals surface area contributed by atoms with Crippen LogP contribution in [0.2, 0.25) is 19.1 Å². The molecule has 0 aliphatic heterocycles. The molecule has 0 saturated carbocycles. The molecule has 0 aliphatic carbocycles. The van der Waals surface area contributed by atoms with Crippen molar-refractivity contribution in [3.63, 3.8) is 0 Å². The van der Waals surface area contributed by atoms with Gasteiger partial charge in [-0.05, 0) is 58.9 Å². The molecule has 0 bridgehead atoms. The molecule has 0 heterocycles. The Labute approximate surface area is 119 Å². The molecular formula is C14H31NO3Si. The molecule has 0 rings (SSSR count). The van der Waals surface area contributed by atoms with E-state index in [1.54, 1.807) is 0 Å². The molecule has 5 heteroatoms. The number of hydrogen-bond acceptors (Lipinski definition) is 4. The van der Waals surface area contributed by atoms with Gasteiger partial charge >= 0.3 is 5.97 Å². The van der Waals surface area contributed by atoms with Crippen molar-refractivity contribution in [2.24, 2.45) is 0 Å². The normalized spacial score (nSPS) is 11.6. The summed E-state index contributed by atoms with van der Waals surface area (Å²) < 4.78 is 10.7. The van der Waals surface area contributed by atoms with Crippen LogP contribution in [0.3, 0.4) is 0 Å². The van der Waals surface area contributed by atoms with E-state index in [-0.39, 0.29) is 5.97 Å². The largest absolute Gasteiger partial charge is 0.466 e. The van der Waals surface area contributed by atoms with Crippen LogP contribution in [0.4, 0.5) is 0 Å². The van der Waals surface area contributed by atoms with E-state index in [9.17, 15) is 4.79 Å². The van der Waals surface area contributed by atoms with E-state index in [2.05, 4.69) is 25.3 Å². The fourth-order valence-electron chi connectivity index (χ4n) is 1.98. The maximum Gasteiger partial charge on any atom is 0.305 e. The second-order valence-electron chi connectivity index (χ2n) is 5.31. The minimum atomic E-state index is -1.39. The summed E-state index contributed by atoms with van der Waals surface area (Å²) in [6.07, 6.45) is 3.79. The van der Waals surface area contributed by atoms with Crippen molar-refractivity contribution < 1.29 is 14.0 Å². The van der Waals surface area contributed by atoms with Gasteiger partial charge in [-0.2, -0.15) is 0 Å². The molecule has 0 radical (unpaired) electrons. The summed E-state index contributed by atoms with van der Waals surface area (Å²) in [5.74, 6) is -0.0891. The second-order valence-corrected chi connectivity index (χ2v) is 9.62. The lowest BCUT2D eigenvalue weighted by Crippen LogP contribution is -2.30. The summed E-state index contributed by atoms with van der Waals surface area (Å²) >= 11 is 0. The number of esters is 1. The van der Waals surface area contributed by atoms with Gasteiger partial charge in [-0.3, -0.25) is 4.79 Å². The van der Waals surface area contributed by atoms with Gasteiger partial charge in [0.05, 0.1) is 6.61 Å². The molecule has 0 fully saturated rings. The molecule has 0 saturated heterocycles. The van der Waals surface area contributed by atoms with E-state index in [1.807, 2.05) is 6.92 Å². The van der Waals surface area contributed by atoms with Crippen LogP contribution in [0.25, 0.3) is 0 Å². The van der Waals surface area contributed by atoms with Crippen LogP contribution in [0, 0.1) is 0 Å². The molecule has 0 atom stereocenters. The molecule has 1 N–H and O–H groups in total. The number of rotatable bonds is 12. The monoisotopic (exact) mass is 289 g/mol. The van der Waals surface area contributed by atoms with Crippen molar-refractivity contribution >= 4 is 14.3 Å². The van der Waals surface area contributed by atoms with Crippen LogP contribution in [0.5, 0.6) is 0 Å². The average molecular weight is 289 g/mol. The third-order valence-corrected chi connectivity index (χ3v) is 5.59. The van der Waals surface area contributed by atoms with E-state index in [0.717, 1.165) is 26.1 Å². The van der Waals surface area contributed by atoms with Gasteiger partial charge in [0.15, 0.2) is 8.32 Å². The van der Waals surface area contributed by atoms with Crippen LogP contribution < -0.4 is 5.32 Å². The topological polar surface area (TPSA) is 47.6 Å². The van der Waals surface area contributed by atoms with Crippen LogP contribution in [-0.4, -0.2) is 40.6 Å². The summed E-state index contributed by atoms with van der Waals surface area (Å²) in [4.78, 5) is 11.1. The number of hydrogen-bond donors (Lipinski definition) is 1. The number of carbonyl (C=O) groups excluding carboxylic acids is 1. The second kappa shape index (κ2) is 11.4. The Bertz CT molecular complexity index is 235. The smallest absolute Gasteiger partial charge is 0.305 e. The zero-order valence-corrected chi connectivity index (χ0v) is 14.1. The molecule has 4 nitrogen and oxygen atoms in total. The van der Waals surface area contributed by atoms with Gasteiger partial charge in [0.1, 0.15) is 0 Å². The lowest BCUT2D eigenvalue weighted by atomic mass is 10.3. The van der Waals surface area contributed by atoms with E-state index in [0.29, 0.717) is 13.0 Å². The Balaban J connectivity index is 3.30. The van der Waals surface area contributed by atoms with E-state index in [1.165, 1.54) is 18.9 Å². The number of unbranched alkanes of at least 4 members (excludes halogenated alkanes) is 1. The number of ether oxygens (including phenoxy) is 1. The average Bonchev–Trinajstić information content (AvgIpc) is 2.32. The van der Waals surface area contributed by atoms with E-state index in [4.69, 9.17) is 9.16 Å². The highest BCUT2D eigenvalue weighted by Gasteiger charge is 2.20. The van der Waals surface area contributed by atoms with Gasteiger partial charge in [0.25, 0.3) is 0 Å².